The first-order chi connectivity index (χ1) is 9.56. The lowest BCUT2D eigenvalue weighted by Gasteiger charge is -2.09. The number of hydrogen-bond donors (Lipinski definition) is 0. The van der Waals surface area contributed by atoms with Gasteiger partial charge >= 0.3 is 12.5 Å². The fourth-order valence-electron chi connectivity index (χ4n) is 1.48. The van der Waals surface area contributed by atoms with Crippen molar-refractivity contribution in [3.05, 3.63) is 39.7 Å². The van der Waals surface area contributed by atoms with Crippen LogP contribution in [0.5, 0.6) is 5.75 Å². The number of nitrogens with zero attached hydrogens (tertiary/aromatic N) is 2. The molecule has 0 amide bonds. The molecule has 2 rings (SSSR count). The first-order valence-corrected chi connectivity index (χ1v) is 6.33. The van der Waals surface area contributed by atoms with Crippen molar-refractivity contribution in [2.75, 3.05) is 0 Å². The highest BCUT2D eigenvalue weighted by molar-refractivity contribution is 14.1. The highest BCUT2D eigenvalue weighted by Gasteiger charge is 2.36. The number of hydrogen-bond acceptors (Lipinski definition) is 2. The van der Waals surface area contributed by atoms with Crippen LogP contribution in [0.1, 0.15) is 5.69 Å². The van der Waals surface area contributed by atoms with Gasteiger partial charge in [-0.05, 0) is 46.9 Å². The average Bonchev–Trinajstić information content (AvgIpc) is 2.70. The normalized spacial score (nSPS) is 12.5. The molecule has 0 atom stereocenters. The summed E-state index contributed by atoms with van der Waals surface area (Å²) in [5, 5.41) is 3.38. The largest absolute Gasteiger partial charge is 0.573 e. The highest BCUT2D eigenvalue weighted by Crippen LogP contribution is 2.32. The van der Waals surface area contributed by atoms with Crippen LogP contribution in [0.3, 0.4) is 0 Å². The Labute approximate surface area is 127 Å². The molecule has 0 saturated heterocycles. The zero-order valence-electron chi connectivity index (χ0n) is 9.84. The summed E-state index contributed by atoms with van der Waals surface area (Å²) in [6.45, 7) is 0. The molecule has 0 spiro atoms. The van der Waals surface area contributed by atoms with E-state index in [1.165, 1.54) is 34.7 Å². The van der Waals surface area contributed by atoms with E-state index in [9.17, 15) is 26.3 Å². The Morgan fingerprint density at radius 3 is 2.00 bits per heavy atom. The number of halogens is 7. The Bertz CT molecular complexity index is 632. The third-order valence-electron chi connectivity index (χ3n) is 2.27. The Hall–Kier alpha value is -1.46. The molecule has 10 heteroatoms. The average molecular weight is 422 g/mol. The zero-order chi connectivity index (χ0) is 15.8. The molecule has 0 saturated carbocycles. The van der Waals surface area contributed by atoms with E-state index in [1.807, 2.05) is 0 Å². The van der Waals surface area contributed by atoms with Crippen molar-refractivity contribution in [1.82, 2.24) is 9.78 Å². The van der Waals surface area contributed by atoms with Crippen LogP contribution in [-0.4, -0.2) is 16.1 Å². The molecule has 21 heavy (non-hydrogen) atoms. The van der Waals surface area contributed by atoms with Crippen molar-refractivity contribution in [1.29, 1.82) is 0 Å². The van der Waals surface area contributed by atoms with Gasteiger partial charge in [-0.2, -0.15) is 18.3 Å². The number of benzene rings is 1. The topological polar surface area (TPSA) is 27.1 Å². The fraction of sp³-hybridized carbons (Fsp3) is 0.182. The van der Waals surface area contributed by atoms with Crippen LogP contribution >= 0.6 is 22.6 Å². The zero-order valence-corrected chi connectivity index (χ0v) is 12.0. The van der Waals surface area contributed by atoms with E-state index in [1.54, 1.807) is 0 Å². The molecule has 0 aliphatic rings. The van der Waals surface area contributed by atoms with E-state index >= 15 is 0 Å². The van der Waals surface area contributed by atoms with Gasteiger partial charge in [0.25, 0.3) is 0 Å². The molecule has 0 radical (unpaired) electrons. The van der Waals surface area contributed by atoms with Gasteiger partial charge in [0, 0.05) is 6.20 Å². The number of ether oxygens (including phenoxy) is 1. The van der Waals surface area contributed by atoms with Gasteiger partial charge in [0.05, 0.1) is 9.26 Å². The summed E-state index contributed by atoms with van der Waals surface area (Å²) in [4.78, 5) is 0. The van der Waals surface area contributed by atoms with Crippen molar-refractivity contribution < 1.29 is 31.1 Å². The summed E-state index contributed by atoms with van der Waals surface area (Å²) in [6.07, 6.45) is -8.30. The van der Waals surface area contributed by atoms with Crippen molar-refractivity contribution in [2.24, 2.45) is 0 Å². The van der Waals surface area contributed by atoms with E-state index in [2.05, 4.69) is 9.84 Å². The van der Waals surface area contributed by atoms with E-state index < -0.39 is 24.0 Å². The lowest BCUT2D eigenvalue weighted by atomic mass is 10.3. The van der Waals surface area contributed by atoms with Gasteiger partial charge in [-0.1, -0.05) is 0 Å². The minimum absolute atomic E-state index is 0.115. The molecule has 114 valence electrons. The first-order valence-electron chi connectivity index (χ1n) is 5.25. The summed E-state index contributed by atoms with van der Waals surface area (Å²) in [6, 6.07) is 4.32. The summed E-state index contributed by atoms with van der Waals surface area (Å²) in [7, 11) is 0. The molecule has 3 nitrogen and oxygen atoms in total. The standard InChI is InChI=1S/C11H5F6IN2O/c12-10(13,14)9-8(18)5-20(19-9)6-1-3-7(4-2-6)21-11(15,16)17/h1-5H. The molecule has 0 N–H and O–H groups in total. The molecular weight excluding hydrogens is 417 g/mol. The van der Waals surface area contributed by atoms with Crippen LogP contribution in [0, 0.1) is 3.57 Å². The molecule has 0 fully saturated rings. The van der Waals surface area contributed by atoms with Gasteiger partial charge in [0.1, 0.15) is 5.75 Å². The number of alkyl halides is 6. The highest BCUT2D eigenvalue weighted by atomic mass is 127. The second kappa shape index (κ2) is 5.39. The Morgan fingerprint density at radius 2 is 1.57 bits per heavy atom. The van der Waals surface area contributed by atoms with E-state index in [4.69, 9.17) is 0 Å². The molecule has 1 aromatic carbocycles. The molecule has 0 aliphatic carbocycles. The fourth-order valence-corrected chi connectivity index (χ4v) is 2.16. The van der Waals surface area contributed by atoms with Gasteiger partial charge in [-0.25, -0.2) is 4.68 Å². The van der Waals surface area contributed by atoms with Crippen LogP contribution in [-0.2, 0) is 6.18 Å². The van der Waals surface area contributed by atoms with Gasteiger partial charge in [-0.3, -0.25) is 0 Å². The summed E-state index contributed by atoms with van der Waals surface area (Å²) < 4.78 is 78.2. The van der Waals surface area contributed by atoms with Crippen molar-refractivity contribution in [2.45, 2.75) is 12.5 Å². The van der Waals surface area contributed by atoms with Crippen LogP contribution in [0.2, 0.25) is 0 Å². The molecule has 1 aromatic heterocycles. The van der Waals surface area contributed by atoms with Gasteiger partial charge < -0.3 is 4.74 Å². The summed E-state index contributed by atoms with van der Waals surface area (Å²) in [5.41, 5.74) is -0.878. The van der Waals surface area contributed by atoms with Crippen LogP contribution in [0.25, 0.3) is 5.69 Å². The molecule has 0 bridgehead atoms. The lowest BCUT2D eigenvalue weighted by Crippen LogP contribution is -2.17. The Balaban J connectivity index is 2.27. The lowest BCUT2D eigenvalue weighted by molar-refractivity contribution is -0.274. The van der Waals surface area contributed by atoms with Crippen molar-refractivity contribution in [3.8, 4) is 11.4 Å². The third-order valence-corrected chi connectivity index (χ3v) is 3.06. The quantitative estimate of drug-likeness (QED) is 0.531. The molecule has 2 aromatic rings. The van der Waals surface area contributed by atoms with Crippen molar-refractivity contribution in [3.63, 3.8) is 0 Å². The Morgan fingerprint density at radius 1 is 1.00 bits per heavy atom. The predicted molar refractivity (Wildman–Crippen MR) is 68.0 cm³/mol. The van der Waals surface area contributed by atoms with E-state index in [0.717, 1.165) is 23.0 Å². The predicted octanol–water partition coefficient (Wildman–Crippen LogP) is 4.39. The maximum Gasteiger partial charge on any atom is 0.573 e. The SMILES string of the molecule is FC(F)(F)Oc1ccc(-n2cc(I)c(C(F)(F)F)n2)cc1. The van der Waals surface area contributed by atoms with E-state index in [0.29, 0.717) is 0 Å². The monoisotopic (exact) mass is 422 g/mol. The maximum absolute atomic E-state index is 12.6. The number of aromatic nitrogens is 2. The third kappa shape index (κ3) is 4.02. The minimum Gasteiger partial charge on any atom is -0.406 e. The van der Waals surface area contributed by atoms with Gasteiger partial charge in [0.2, 0.25) is 0 Å². The first kappa shape index (κ1) is 15.9. The molecule has 1 heterocycles. The van der Waals surface area contributed by atoms with Gasteiger partial charge in [-0.15, -0.1) is 13.2 Å². The van der Waals surface area contributed by atoms with Crippen LogP contribution in [0.15, 0.2) is 30.5 Å². The second-order valence-electron chi connectivity index (χ2n) is 3.81. The van der Waals surface area contributed by atoms with Crippen LogP contribution in [0.4, 0.5) is 26.3 Å². The Kier molecular flexibility index (Phi) is 4.08. The minimum atomic E-state index is -4.83. The summed E-state index contributed by atoms with van der Waals surface area (Å²) in [5.74, 6) is -0.468. The smallest absolute Gasteiger partial charge is 0.406 e. The molecule has 0 unspecified atom stereocenters. The maximum atomic E-state index is 12.6. The second-order valence-corrected chi connectivity index (χ2v) is 4.97. The van der Waals surface area contributed by atoms with Crippen molar-refractivity contribution >= 4 is 22.6 Å². The summed E-state index contributed by atoms with van der Waals surface area (Å²) >= 11 is 1.48. The number of rotatable bonds is 2. The van der Waals surface area contributed by atoms with Crippen LogP contribution < -0.4 is 4.74 Å². The molecular formula is C11H5F6IN2O. The molecule has 0 aliphatic heterocycles. The van der Waals surface area contributed by atoms with Gasteiger partial charge in [0.15, 0.2) is 5.69 Å². The van der Waals surface area contributed by atoms with E-state index in [-0.39, 0.29) is 9.26 Å².